The van der Waals surface area contributed by atoms with Crippen LogP contribution < -0.4 is 5.32 Å². The Bertz CT molecular complexity index is 779. The molecule has 4 unspecified atom stereocenters. The summed E-state index contributed by atoms with van der Waals surface area (Å²) >= 11 is 0. The van der Waals surface area contributed by atoms with E-state index < -0.39 is 53.0 Å². The van der Waals surface area contributed by atoms with Gasteiger partial charge in [0.2, 0.25) is 0 Å². The van der Waals surface area contributed by atoms with E-state index in [1.54, 1.807) is 40.9 Å². The molecule has 7 atom stereocenters. The van der Waals surface area contributed by atoms with Crippen molar-refractivity contribution >= 4 is 23.6 Å². The number of ether oxygens (including phenoxy) is 3. The Balaban J connectivity index is -0.00000140. The molecule has 0 saturated carbocycles. The van der Waals surface area contributed by atoms with E-state index in [9.17, 15) is 19.2 Å². The van der Waals surface area contributed by atoms with Crippen molar-refractivity contribution in [2.24, 2.45) is 23.7 Å². The number of fused-ring (bicyclic) bond motifs is 1. The number of nitrogens with one attached hydrogen (secondary N) is 1. The Morgan fingerprint density at radius 1 is 0.842 bits per heavy atom. The molecule has 2 aliphatic rings. The molecule has 2 heterocycles. The van der Waals surface area contributed by atoms with E-state index in [2.05, 4.69) is 5.32 Å². The van der Waals surface area contributed by atoms with E-state index in [4.69, 9.17) is 19.5 Å². The van der Waals surface area contributed by atoms with Crippen LogP contribution in [-0.4, -0.2) is 47.5 Å². The summed E-state index contributed by atoms with van der Waals surface area (Å²) in [4.78, 5) is 50.3. The van der Waals surface area contributed by atoms with Crippen LogP contribution in [0.25, 0.3) is 0 Å². The van der Waals surface area contributed by atoms with Crippen molar-refractivity contribution in [3.05, 3.63) is 0 Å². The predicted octanol–water partition coefficient (Wildman–Crippen LogP) is 6.23. The summed E-state index contributed by atoms with van der Waals surface area (Å²) < 4.78 is 15.9. The Kier molecular flexibility index (Phi) is 20.4. The van der Waals surface area contributed by atoms with Crippen LogP contribution in [0, 0.1) is 35.2 Å². The molecule has 0 aromatic rings. The number of Topliss-reactive ketones (excluding diaryl/α,β-unsaturated/α-hetero) is 2. The highest BCUT2D eigenvalue weighted by molar-refractivity contribution is 5.99. The summed E-state index contributed by atoms with van der Waals surface area (Å²) in [7, 11) is 0. The second-order valence-corrected chi connectivity index (χ2v) is 9.10. The molecule has 1 N–H and O–H groups in total. The van der Waals surface area contributed by atoms with Crippen molar-refractivity contribution in [3.63, 3.8) is 0 Å². The maximum Gasteiger partial charge on any atom is 0.408 e. The standard InChI is InChI=1S/C21H30N2O7.4C2H6/c1-11-7-20(5,29-10-22)8-12(2)16(25)14(4)18(26)28-9-21(6)17(13(3)15(11)24)23-19(27)30-21;4*1-2/h11-14,17H,7-9H2,1-6H3,(H,23,27);4*1-2H3/t11?,12-,13?,14?,17?,20-,21-;;;;/m1..../s1. The molecule has 2 rings (SSSR count). The van der Waals surface area contributed by atoms with Crippen molar-refractivity contribution in [1.29, 1.82) is 5.26 Å². The summed E-state index contributed by atoms with van der Waals surface area (Å²) in [5.41, 5.74) is -2.32. The molecule has 1 amide bonds. The molecule has 38 heavy (non-hydrogen) atoms. The number of esters is 1. The number of carbonyl (C=O) groups excluding carboxylic acids is 4. The number of ketones is 2. The van der Waals surface area contributed by atoms with Crippen LogP contribution in [0.3, 0.4) is 0 Å². The average Bonchev–Trinajstić information content (AvgIpc) is 3.23. The number of amides is 1. The number of nitriles is 1. The minimum Gasteiger partial charge on any atom is -0.461 e. The Morgan fingerprint density at radius 3 is 1.74 bits per heavy atom. The third kappa shape index (κ3) is 11.0. The maximum atomic E-state index is 13.1. The zero-order valence-corrected chi connectivity index (χ0v) is 26.3. The lowest BCUT2D eigenvalue weighted by molar-refractivity contribution is -0.159. The zero-order chi connectivity index (χ0) is 30.9. The number of hydrogen-bond donors (Lipinski definition) is 1. The molecule has 2 fully saturated rings. The summed E-state index contributed by atoms with van der Waals surface area (Å²) in [5.74, 6) is -4.00. The minimum atomic E-state index is -1.26. The fraction of sp³-hybridized carbons (Fsp3) is 0.828. The fourth-order valence-corrected chi connectivity index (χ4v) is 4.63. The normalized spacial score (nSPS) is 32.9. The molecular weight excluding hydrogens is 488 g/mol. The van der Waals surface area contributed by atoms with Crippen LogP contribution in [0.1, 0.15) is 110 Å². The highest BCUT2D eigenvalue weighted by Gasteiger charge is 2.52. The van der Waals surface area contributed by atoms with Gasteiger partial charge in [0.05, 0.1) is 6.04 Å². The van der Waals surface area contributed by atoms with Gasteiger partial charge in [0, 0.05) is 17.8 Å². The molecule has 0 aromatic carbocycles. The topological polar surface area (TPSA) is 132 Å². The number of nitrogens with zero attached hydrogens (tertiary/aromatic N) is 1. The van der Waals surface area contributed by atoms with Gasteiger partial charge in [-0.2, -0.15) is 5.26 Å². The number of rotatable bonds is 1. The average molecular weight is 543 g/mol. The zero-order valence-electron chi connectivity index (χ0n) is 26.3. The van der Waals surface area contributed by atoms with Gasteiger partial charge in [-0.05, 0) is 33.6 Å². The number of alkyl carbamates (subject to hydrolysis) is 1. The van der Waals surface area contributed by atoms with E-state index in [-0.39, 0.29) is 31.0 Å². The van der Waals surface area contributed by atoms with Crippen LogP contribution >= 0.6 is 0 Å². The SMILES string of the molecule is CC.CC.CC.CC.CC1C[C@@](C)(OC#N)C[C@@H](C)C(=O)C(C)C(=O)OC[C@@]2(C)OC(=O)NC2C(C)C1=O. The van der Waals surface area contributed by atoms with Gasteiger partial charge in [0.25, 0.3) is 6.26 Å². The monoisotopic (exact) mass is 542 g/mol. The molecule has 9 nitrogen and oxygen atoms in total. The molecule has 2 aliphatic heterocycles. The Morgan fingerprint density at radius 2 is 1.29 bits per heavy atom. The maximum absolute atomic E-state index is 13.1. The van der Waals surface area contributed by atoms with Crippen LogP contribution in [0.15, 0.2) is 0 Å². The van der Waals surface area contributed by atoms with Gasteiger partial charge < -0.3 is 19.5 Å². The third-order valence-corrected chi connectivity index (χ3v) is 6.23. The van der Waals surface area contributed by atoms with Crippen LogP contribution in [0.2, 0.25) is 0 Å². The van der Waals surface area contributed by atoms with E-state index in [0.29, 0.717) is 0 Å². The lowest BCUT2D eigenvalue weighted by atomic mass is 9.76. The first-order valence-electron chi connectivity index (χ1n) is 14.1. The van der Waals surface area contributed by atoms with E-state index >= 15 is 0 Å². The number of carbonyl (C=O) groups is 4. The number of hydrogen-bond acceptors (Lipinski definition) is 8. The van der Waals surface area contributed by atoms with Gasteiger partial charge in [0.15, 0.2) is 5.60 Å². The van der Waals surface area contributed by atoms with E-state index in [1.807, 2.05) is 55.4 Å². The summed E-state index contributed by atoms with van der Waals surface area (Å²) in [6, 6.07) is -0.719. The highest BCUT2D eigenvalue weighted by atomic mass is 16.6. The van der Waals surface area contributed by atoms with Crippen molar-refractivity contribution in [2.45, 2.75) is 127 Å². The summed E-state index contributed by atoms with van der Waals surface area (Å²) in [6.45, 7) is 25.5. The second-order valence-electron chi connectivity index (χ2n) is 9.10. The van der Waals surface area contributed by atoms with Gasteiger partial charge in [-0.15, -0.1) is 0 Å². The van der Waals surface area contributed by atoms with Crippen molar-refractivity contribution in [1.82, 2.24) is 5.32 Å². The third-order valence-electron chi connectivity index (χ3n) is 6.23. The van der Waals surface area contributed by atoms with Gasteiger partial charge >= 0.3 is 12.1 Å². The molecule has 2 saturated heterocycles. The molecule has 222 valence electrons. The van der Waals surface area contributed by atoms with Gasteiger partial charge in [-0.3, -0.25) is 14.4 Å². The molecule has 9 heteroatoms. The molecule has 0 spiro atoms. The van der Waals surface area contributed by atoms with E-state index in [1.165, 1.54) is 6.92 Å². The van der Waals surface area contributed by atoms with Crippen molar-refractivity contribution in [2.75, 3.05) is 6.61 Å². The van der Waals surface area contributed by atoms with Crippen molar-refractivity contribution in [3.8, 4) is 6.26 Å². The largest absolute Gasteiger partial charge is 0.461 e. The molecule has 0 radical (unpaired) electrons. The smallest absolute Gasteiger partial charge is 0.408 e. The summed E-state index contributed by atoms with van der Waals surface area (Å²) in [5, 5.41) is 11.8. The van der Waals surface area contributed by atoms with Crippen molar-refractivity contribution < 1.29 is 33.4 Å². The first-order valence-corrected chi connectivity index (χ1v) is 14.1. The fourth-order valence-electron chi connectivity index (χ4n) is 4.63. The molecule has 0 aromatic heterocycles. The molecule has 0 bridgehead atoms. The minimum absolute atomic E-state index is 0.152. The predicted molar refractivity (Wildman–Crippen MR) is 149 cm³/mol. The Labute approximate surface area is 231 Å². The van der Waals surface area contributed by atoms with Gasteiger partial charge in [0.1, 0.15) is 29.7 Å². The highest BCUT2D eigenvalue weighted by Crippen LogP contribution is 2.35. The first-order chi connectivity index (χ1) is 17.8. The first kappa shape index (κ1) is 39.9. The quantitative estimate of drug-likeness (QED) is 0.234. The second kappa shape index (κ2) is 19.4. The lowest BCUT2D eigenvalue weighted by Crippen LogP contribution is -2.52. The van der Waals surface area contributed by atoms with Crippen LogP contribution in [0.5, 0.6) is 0 Å². The lowest BCUT2D eigenvalue weighted by Gasteiger charge is -2.35. The number of cyclic esters (lactones) is 1. The van der Waals surface area contributed by atoms with E-state index in [0.717, 1.165) is 0 Å². The van der Waals surface area contributed by atoms with Gasteiger partial charge in [-0.25, -0.2) is 4.79 Å². The molecular formula is C29H54N2O7. The summed E-state index contributed by atoms with van der Waals surface area (Å²) in [6.07, 6.45) is 1.35. The molecule has 0 aliphatic carbocycles. The van der Waals surface area contributed by atoms with Crippen LogP contribution in [-0.2, 0) is 28.6 Å². The Hall–Kier alpha value is -2.63. The van der Waals surface area contributed by atoms with Crippen LogP contribution in [0.4, 0.5) is 4.79 Å². The van der Waals surface area contributed by atoms with Gasteiger partial charge in [-0.1, -0.05) is 76.2 Å².